The lowest BCUT2D eigenvalue weighted by Gasteiger charge is -2.33. The number of rotatable bonds is 6. The summed E-state index contributed by atoms with van der Waals surface area (Å²) in [5, 5.41) is 9.32. The number of nitrogens with one attached hydrogen (secondary N) is 3. The van der Waals surface area contributed by atoms with Crippen molar-refractivity contribution in [2.45, 2.75) is 88.3 Å². The van der Waals surface area contributed by atoms with E-state index in [-0.39, 0.29) is 36.2 Å². The number of piperidine rings is 1. The molecule has 0 aliphatic carbocycles. The van der Waals surface area contributed by atoms with Crippen LogP contribution in [0, 0.1) is 0 Å². The van der Waals surface area contributed by atoms with Crippen LogP contribution in [-0.2, 0) is 9.53 Å². The SMILES string of the molecule is CC(C)(C)OC(=O)NC1CCN(C(=O)CCCC[C@@H]2SC[C@@H]3NC(=O)N[C@@H]32)CC1. The molecule has 0 radical (unpaired) electrons. The average Bonchev–Trinajstić information content (AvgIpc) is 3.17. The number of carbonyl (C=O) groups excluding carboxylic acids is 3. The Labute approximate surface area is 177 Å². The summed E-state index contributed by atoms with van der Waals surface area (Å²) in [4.78, 5) is 37.7. The van der Waals surface area contributed by atoms with Gasteiger partial charge in [-0.1, -0.05) is 6.42 Å². The molecular formula is C20H34N4O4S. The minimum absolute atomic E-state index is 0.0509. The monoisotopic (exact) mass is 426 g/mol. The quantitative estimate of drug-likeness (QED) is 0.447. The minimum Gasteiger partial charge on any atom is -0.444 e. The predicted octanol–water partition coefficient (Wildman–Crippen LogP) is 2.23. The van der Waals surface area contributed by atoms with Crippen molar-refractivity contribution in [3.05, 3.63) is 0 Å². The lowest BCUT2D eigenvalue weighted by Crippen LogP contribution is -2.47. The third-order valence-corrected chi connectivity index (χ3v) is 7.14. The molecule has 4 amide bonds. The number of amides is 4. The van der Waals surface area contributed by atoms with Gasteiger partial charge in [-0.3, -0.25) is 4.79 Å². The molecule has 164 valence electrons. The largest absolute Gasteiger partial charge is 0.444 e. The van der Waals surface area contributed by atoms with Crippen molar-refractivity contribution in [2.75, 3.05) is 18.8 Å². The number of fused-ring (bicyclic) bond motifs is 1. The molecule has 9 heteroatoms. The van der Waals surface area contributed by atoms with Crippen LogP contribution in [-0.4, -0.2) is 70.8 Å². The van der Waals surface area contributed by atoms with Crippen LogP contribution >= 0.6 is 11.8 Å². The predicted molar refractivity (Wildman–Crippen MR) is 113 cm³/mol. The van der Waals surface area contributed by atoms with Gasteiger partial charge in [0.2, 0.25) is 5.91 Å². The zero-order valence-electron chi connectivity index (χ0n) is 17.7. The second-order valence-electron chi connectivity index (χ2n) is 9.17. The molecule has 0 bridgehead atoms. The zero-order chi connectivity index (χ0) is 21.0. The maximum absolute atomic E-state index is 12.5. The summed E-state index contributed by atoms with van der Waals surface area (Å²) in [6, 6.07) is 0.510. The lowest BCUT2D eigenvalue weighted by molar-refractivity contribution is -0.132. The first-order chi connectivity index (χ1) is 13.7. The molecule has 0 unspecified atom stereocenters. The Kier molecular flexibility index (Phi) is 7.19. The van der Waals surface area contributed by atoms with E-state index in [2.05, 4.69) is 16.0 Å². The summed E-state index contributed by atoms with van der Waals surface area (Å²) >= 11 is 1.91. The van der Waals surface area contributed by atoms with Crippen molar-refractivity contribution in [3.63, 3.8) is 0 Å². The fourth-order valence-electron chi connectivity index (χ4n) is 4.17. The Morgan fingerprint density at radius 2 is 1.93 bits per heavy atom. The summed E-state index contributed by atoms with van der Waals surface area (Å²) in [5.41, 5.74) is -0.501. The van der Waals surface area contributed by atoms with Crippen LogP contribution in [0.2, 0.25) is 0 Å². The maximum Gasteiger partial charge on any atom is 0.407 e. The van der Waals surface area contributed by atoms with Gasteiger partial charge in [-0.05, 0) is 46.5 Å². The topological polar surface area (TPSA) is 99.8 Å². The number of urea groups is 1. The van der Waals surface area contributed by atoms with Crippen LogP contribution in [0.25, 0.3) is 0 Å². The smallest absolute Gasteiger partial charge is 0.407 e. The van der Waals surface area contributed by atoms with Crippen molar-refractivity contribution in [1.29, 1.82) is 0 Å². The molecule has 0 aromatic carbocycles. The number of likely N-dealkylation sites (tertiary alicyclic amines) is 1. The third-order valence-electron chi connectivity index (χ3n) is 5.64. The van der Waals surface area contributed by atoms with E-state index in [0.717, 1.165) is 37.9 Å². The first-order valence-electron chi connectivity index (χ1n) is 10.7. The number of ether oxygens (including phenoxy) is 1. The van der Waals surface area contributed by atoms with Gasteiger partial charge in [0.15, 0.2) is 0 Å². The Balaban J connectivity index is 1.28. The van der Waals surface area contributed by atoms with E-state index >= 15 is 0 Å². The summed E-state index contributed by atoms with van der Waals surface area (Å²) in [6.07, 6.45) is 4.62. The molecule has 3 N–H and O–H groups in total. The fraction of sp³-hybridized carbons (Fsp3) is 0.850. The van der Waals surface area contributed by atoms with Crippen LogP contribution in [0.15, 0.2) is 0 Å². The van der Waals surface area contributed by atoms with Crippen LogP contribution < -0.4 is 16.0 Å². The van der Waals surface area contributed by atoms with E-state index < -0.39 is 5.60 Å². The van der Waals surface area contributed by atoms with E-state index in [1.54, 1.807) is 0 Å². The van der Waals surface area contributed by atoms with Gasteiger partial charge < -0.3 is 25.6 Å². The standard InChI is InChI=1S/C20H34N4O4S/c1-20(2,3)28-19(27)21-13-8-10-24(11-9-13)16(25)7-5-4-6-15-17-14(12-29-15)22-18(26)23-17/h13-15,17H,4-12H2,1-3H3,(H,21,27)(H2,22,23,26)/t14-,15-,17-/m0/s1. The van der Waals surface area contributed by atoms with Gasteiger partial charge in [-0.25, -0.2) is 9.59 Å². The van der Waals surface area contributed by atoms with Gasteiger partial charge in [0.05, 0.1) is 12.1 Å². The normalized spacial score (nSPS) is 27.2. The van der Waals surface area contributed by atoms with E-state index in [4.69, 9.17) is 4.74 Å². The van der Waals surface area contributed by atoms with Gasteiger partial charge in [-0.2, -0.15) is 11.8 Å². The highest BCUT2D eigenvalue weighted by Crippen LogP contribution is 2.33. The zero-order valence-corrected chi connectivity index (χ0v) is 18.5. The Bertz CT molecular complexity index is 616. The Hall–Kier alpha value is -1.64. The fourth-order valence-corrected chi connectivity index (χ4v) is 5.71. The minimum atomic E-state index is -0.501. The average molecular weight is 427 g/mol. The van der Waals surface area contributed by atoms with E-state index in [1.165, 1.54) is 0 Å². The molecule has 0 spiro atoms. The number of nitrogens with zero attached hydrogens (tertiary/aromatic N) is 1. The van der Waals surface area contributed by atoms with Crippen molar-refractivity contribution >= 4 is 29.8 Å². The summed E-state index contributed by atoms with van der Waals surface area (Å²) in [5.74, 6) is 1.17. The van der Waals surface area contributed by atoms with Gasteiger partial charge in [0.25, 0.3) is 0 Å². The summed E-state index contributed by atoms with van der Waals surface area (Å²) in [7, 11) is 0. The van der Waals surface area contributed by atoms with Gasteiger partial charge in [0.1, 0.15) is 5.60 Å². The van der Waals surface area contributed by atoms with Crippen molar-refractivity contribution in [3.8, 4) is 0 Å². The van der Waals surface area contributed by atoms with Gasteiger partial charge in [0, 0.05) is 36.6 Å². The third kappa shape index (κ3) is 6.42. The molecule has 0 saturated carbocycles. The number of carbonyl (C=O) groups is 3. The van der Waals surface area contributed by atoms with E-state index in [0.29, 0.717) is 24.8 Å². The highest BCUT2D eigenvalue weighted by Gasteiger charge is 2.42. The van der Waals surface area contributed by atoms with Crippen molar-refractivity contribution in [1.82, 2.24) is 20.9 Å². The second-order valence-corrected chi connectivity index (χ2v) is 10.4. The molecule has 29 heavy (non-hydrogen) atoms. The highest BCUT2D eigenvalue weighted by molar-refractivity contribution is 8.00. The first kappa shape index (κ1) is 22.1. The summed E-state index contributed by atoms with van der Waals surface area (Å²) < 4.78 is 5.30. The molecular weight excluding hydrogens is 392 g/mol. The van der Waals surface area contributed by atoms with Crippen molar-refractivity contribution in [2.24, 2.45) is 0 Å². The molecule has 3 fully saturated rings. The molecule has 3 rings (SSSR count). The highest BCUT2D eigenvalue weighted by atomic mass is 32.2. The number of alkyl carbamates (subject to hydrolysis) is 1. The Morgan fingerprint density at radius 3 is 2.62 bits per heavy atom. The van der Waals surface area contributed by atoms with Gasteiger partial charge in [-0.15, -0.1) is 0 Å². The van der Waals surface area contributed by atoms with E-state index in [9.17, 15) is 14.4 Å². The number of thioether (sulfide) groups is 1. The van der Waals surface area contributed by atoms with Gasteiger partial charge >= 0.3 is 12.1 Å². The van der Waals surface area contributed by atoms with E-state index in [1.807, 2.05) is 37.4 Å². The second kappa shape index (κ2) is 9.45. The molecule has 3 saturated heterocycles. The molecule has 3 aliphatic rings. The van der Waals surface area contributed by atoms with Crippen LogP contribution in [0.4, 0.5) is 9.59 Å². The molecule has 3 aliphatic heterocycles. The Morgan fingerprint density at radius 1 is 1.21 bits per heavy atom. The lowest BCUT2D eigenvalue weighted by atomic mass is 10.0. The molecule has 3 heterocycles. The van der Waals surface area contributed by atoms with Crippen LogP contribution in [0.3, 0.4) is 0 Å². The van der Waals surface area contributed by atoms with Crippen LogP contribution in [0.1, 0.15) is 59.3 Å². The maximum atomic E-state index is 12.5. The molecule has 3 atom stereocenters. The van der Waals surface area contributed by atoms with Crippen molar-refractivity contribution < 1.29 is 19.1 Å². The summed E-state index contributed by atoms with van der Waals surface area (Å²) in [6.45, 7) is 6.90. The molecule has 8 nitrogen and oxygen atoms in total. The number of hydrogen-bond donors (Lipinski definition) is 3. The number of unbranched alkanes of at least 4 members (excludes halogenated alkanes) is 1. The molecule has 0 aromatic heterocycles. The number of hydrogen-bond acceptors (Lipinski definition) is 5. The first-order valence-corrected chi connectivity index (χ1v) is 11.7. The molecule has 0 aromatic rings. The van der Waals surface area contributed by atoms with Crippen LogP contribution in [0.5, 0.6) is 0 Å².